The number of benzene rings is 2. The summed E-state index contributed by atoms with van der Waals surface area (Å²) >= 11 is 0. The second kappa shape index (κ2) is 5.63. The molecule has 2 nitrogen and oxygen atoms in total. The Morgan fingerprint density at radius 3 is 2.25 bits per heavy atom. The van der Waals surface area contributed by atoms with E-state index in [2.05, 4.69) is 5.32 Å². The van der Waals surface area contributed by atoms with Crippen molar-refractivity contribution in [2.45, 2.75) is 31.4 Å². The molecule has 20 heavy (non-hydrogen) atoms. The minimum atomic E-state index is -0.174. The van der Waals surface area contributed by atoms with Crippen LogP contribution in [0.2, 0.25) is 0 Å². The number of hydrogen-bond acceptors (Lipinski definition) is 2. The van der Waals surface area contributed by atoms with E-state index in [0.717, 1.165) is 24.1 Å². The summed E-state index contributed by atoms with van der Waals surface area (Å²) in [6.45, 7) is 0.0797. The van der Waals surface area contributed by atoms with Crippen molar-refractivity contribution < 1.29 is 9.50 Å². The third-order valence-electron chi connectivity index (χ3n) is 3.99. The van der Waals surface area contributed by atoms with E-state index in [-0.39, 0.29) is 12.4 Å². The molecular weight excluding hydrogens is 253 g/mol. The topological polar surface area (TPSA) is 32.3 Å². The minimum absolute atomic E-state index is 0.0797. The van der Waals surface area contributed by atoms with Gasteiger partial charge in [-0.1, -0.05) is 24.3 Å². The maximum absolute atomic E-state index is 12.9. The number of nitrogens with one attached hydrogen (secondary N) is 1. The SMILES string of the molecule is OCc1ccc(NC2CC(c3ccc(F)cc3)C2)cc1. The van der Waals surface area contributed by atoms with Crippen LogP contribution >= 0.6 is 0 Å². The number of hydrogen-bond donors (Lipinski definition) is 2. The van der Waals surface area contributed by atoms with Gasteiger partial charge in [0.2, 0.25) is 0 Å². The van der Waals surface area contributed by atoms with Gasteiger partial charge in [0.1, 0.15) is 5.82 Å². The minimum Gasteiger partial charge on any atom is -0.392 e. The highest BCUT2D eigenvalue weighted by molar-refractivity contribution is 5.46. The number of halogens is 1. The lowest BCUT2D eigenvalue weighted by molar-refractivity contribution is 0.282. The zero-order valence-electron chi connectivity index (χ0n) is 11.2. The van der Waals surface area contributed by atoms with Crippen molar-refractivity contribution in [1.29, 1.82) is 0 Å². The molecule has 0 bridgehead atoms. The Morgan fingerprint density at radius 2 is 1.65 bits per heavy atom. The summed E-state index contributed by atoms with van der Waals surface area (Å²) in [5.41, 5.74) is 3.23. The maximum atomic E-state index is 12.9. The highest BCUT2D eigenvalue weighted by Crippen LogP contribution is 2.38. The van der Waals surface area contributed by atoms with E-state index in [0.29, 0.717) is 12.0 Å². The Bertz CT molecular complexity index is 559. The van der Waals surface area contributed by atoms with Crippen molar-refractivity contribution in [3.63, 3.8) is 0 Å². The van der Waals surface area contributed by atoms with Gasteiger partial charge in [0, 0.05) is 11.7 Å². The highest BCUT2D eigenvalue weighted by Gasteiger charge is 2.30. The Kier molecular flexibility index (Phi) is 3.70. The van der Waals surface area contributed by atoms with E-state index in [4.69, 9.17) is 5.11 Å². The van der Waals surface area contributed by atoms with Gasteiger partial charge in [0.15, 0.2) is 0 Å². The van der Waals surface area contributed by atoms with Crippen LogP contribution in [0, 0.1) is 5.82 Å². The van der Waals surface area contributed by atoms with Gasteiger partial charge in [-0.3, -0.25) is 0 Å². The van der Waals surface area contributed by atoms with Crippen molar-refractivity contribution >= 4 is 5.69 Å². The lowest BCUT2D eigenvalue weighted by atomic mass is 9.76. The largest absolute Gasteiger partial charge is 0.392 e. The molecule has 1 aliphatic carbocycles. The molecule has 2 aromatic rings. The average molecular weight is 271 g/mol. The van der Waals surface area contributed by atoms with Gasteiger partial charge in [0.25, 0.3) is 0 Å². The normalized spacial score (nSPS) is 21.3. The van der Waals surface area contributed by atoms with Gasteiger partial charge in [-0.05, 0) is 54.2 Å². The molecule has 2 aromatic carbocycles. The molecule has 1 saturated carbocycles. The van der Waals surface area contributed by atoms with E-state index in [1.807, 2.05) is 36.4 Å². The highest BCUT2D eigenvalue weighted by atomic mass is 19.1. The quantitative estimate of drug-likeness (QED) is 0.889. The van der Waals surface area contributed by atoms with E-state index >= 15 is 0 Å². The zero-order valence-corrected chi connectivity index (χ0v) is 11.2. The monoisotopic (exact) mass is 271 g/mol. The molecule has 0 spiro atoms. The molecule has 0 atom stereocenters. The molecule has 0 unspecified atom stereocenters. The van der Waals surface area contributed by atoms with Gasteiger partial charge in [0.05, 0.1) is 6.61 Å². The van der Waals surface area contributed by atoms with Crippen molar-refractivity contribution in [3.8, 4) is 0 Å². The van der Waals surface area contributed by atoms with Crippen LogP contribution in [0.25, 0.3) is 0 Å². The smallest absolute Gasteiger partial charge is 0.123 e. The summed E-state index contributed by atoms with van der Waals surface area (Å²) in [5, 5.41) is 12.5. The number of anilines is 1. The van der Waals surface area contributed by atoms with Crippen LogP contribution in [-0.2, 0) is 6.61 Å². The van der Waals surface area contributed by atoms with E-state index < -0.39 is 0 Å². The van der Waals surface area contributed by atoms with Crippen LogP contribution in [-0.4, -0.2) is 11.1 Å². The number of aliphatic hydroxyl groups excluding tert-OH is 1. The summed E-state index contributed by atoms with van der Waals surface area (Å²) < 4.78 is 12.9. The first-order valence-electron chi connectivity index (χ1n) is 6.96. The van der Waals surface area contributed by atoms with Crippen LogP contribution in [0.4, 0.5) is 10.1 Å². The van der Waals surface area contributed by atoms with Gasteiger partial charge < -0.3 is 10.4 Å². The summed E-state index contributed by atoms with van der Waals surface area (Å²) in [6.07, 6.45) is 2.15. The number of aliphatic hydroxyl groups is 1. The molecule has 0 heterocycles. The summed E-state index contributed by atoms with van der Waals surface area (Å²) in [5.74, 6) is 0.358. The predicted octanol–water partition coefficient (Wildman–Crippen LogP) is 3.68. The van der Waals surface area contributed by atoms with E-state index in [9.17, 15) is 4.39 Å². The fraction of sp³-hybridized carbons (Fsp3) is 0.294. The average Bonchev–Trinajstić information content (AvgIpc) is 2.44. The lowest BCUT2D eigenvalue weighted by Crippen LogP contribution is -2.33. The maximum Gasteiger partial charge on any atom is 0.123 e. The van der Waals surface area contributed by atoms with Crippen LogP contribution in [0.5, 0.6) is 0 Å². The molecule has 0 radical (unpaired) electrons. The molecule has 3 heteroatoms. The Labute approximate surface area is 118 Å². The second-order valence-electron chi connectivity index (χ2n) is 5.42. The van der Waals surface area contributed by atoms with Crippen LogP contribution in [0.3, 0.4) is 0 Å². The lowest BCUT2D eigenvalue weighted by Gasteiger charge is -2.37. The van der Waals surface area contributed by atoms with Gasteiger partial charge in [-0.25, -0.2) is 4.39 Å². The molecule has 0 saturated heterocycles. The first-order valence-corrected chi connectivity index (χ1v) is 6.96. The summed E-state index contributed by atoms with van der Waals surface area (Å²) in [6, 6.07) is 15.2. The number of rotatable bonds is 4. The van der Waals surface area contributed by atoms with Crippen molar-refractivity contribution in [2.24, 2.45) is 0 Å². The van der Waals surface area contributed by atoms with Crippen LogP contribution in [0.1, 0.15) is 29.9 Å². The Hall–Kier alpha value is -1.87. The molecule has 1 aliphatic rings. The zero-order chi connectivity index (χ0) is 13.9. The van der Waals surface area contributed by atoms with Crippen molar-refractivity contribution in [1.82, 2.24) is 0 Å². The Balaban J connectivity index is 1.53. The van der Waals surface area contributed by atoms with Crippen LogP contribution < -0.4 is 5.32 Å². The predicted molar refractivity (Wildman–Crippen MR) is 78.2 cm³/mol. The fourth-order valence-corrected chi connectivity index (χ4v) is 2.68. The summed E-state index contributed by atoms with van der Waals surface area (Å²) in [7, 11) is 0. The van der Waals surface area contributed by atoms with Gasteiger partial charge in [-0.2, -0.15) is 0 Å². The molecule has 3 rings (SSSR count). The first-order chi connectivity index (χ1) is 9.74. The summed E-state index contributed by atoms with van der Waals surface area (Å²) in [4.78, 5) is 0. The second-order valence-corrected chi connectivity index (χ2v) is 5.42. The van der Waals surface area contributed by atoms with E-state index in [1.165, 1.54) is 17.7 Å². The van der Waals surface area contributed by atoms with Crippen molar-refractivity contribution in [2.75, 3.05) is 5.32 Å². The molecular formula is C17H18FNO. The fourth-order valence-electron chi connectivity index (χ4n) is 2.68. The molecule has 0 amide bonds. The van der Waals surface area contributed by atoms with Crippen molar-refractivity contribution in [3.05, 3.63) is 65.5 Å². The van der Waals surface area contributed by atoms with Crippen LogP contribution in [0.15, 0.2) is 48.5 Å². The molecule has 1 fully saturated rings. The first kappa shape index (κ1) is 13.1. The molecule has 2 N–H and O–H groups in total. The molecule has 0 aliphatic heterocycles. The Morgan fingerprint density at radius 1 is 1.00 bits per heavy atom. The third-order valence-corrected chi connectivity index (χ3v) is 3.99. The third kappa shape index (κ3) is 2.83. The van der Waals surface area contributed by atoms with Gasteiger partial charge >= 0.3 is 0 Å². The van der Waals surface area contributed by atoms with E-state index in [1.54, 1.807) is 0 Å². The van der Waals surface area contributed by atoms with Gasteiger partial charge in [-0.15, -0.1) is 0 Å². The molecule has 0 aromatic heterocycles. The molecule has 104 valence electrons. The standard InChI is InChI=1S/C17H18FNO/c18-15-5-3-13(4-6-15)14-9-17(10-14)19-16-7-1-12(11-20)2-8-16/h1-8,14,17,19-20H,9-11H2.